The van der Waals surface area contributed by atoms with Crippen LogP contribution < -0.4 is 10.5 Å². The number of carbonyl (C=O) groups excluding carboxylic acids is 1. The number of aromatic amines is 1. The Hall–Kier alpha value is -2.49. The molecule has 1 heterocycles. The van der Waals surface area contributed by atoms with Gasteiger partial charge in [-0.3, -0.25) is 4.79 Å². The summed E-state index contributed by atoms with van der Waals surface area (Å²) >= 11 is 0. The molecule has 0 atom stereocenters. The van der Waals surface area contributed by atoms with E-state index in [0.29, 0.717) is 13.0 Å². The number of ether oxygens (including phenoxy) is 1. The van der Waals surface area contributed by atoms with E-state index < -0.39 is 0 Å². The zero-order valence-corrected chi connectivity index (χ0v) is 13.9. The maximum Gasteiger partial charge on any atom is 0.217 e. The molecule has 3 rings (SSSR count). The molecule has 0 fully saturated rings. The van der Waals surface area contributed by atoms with Gasteiger partial charge in [0.05, 0.1) is 12.1 Å². The number of rotatable bonds is 9. The van der Waals surface area contributed by atoms with Gasteiger partial charge < -0.3 is 15.5 Å². The molecule has 3 N–H and O–H groups in total. The molecule has 24 heavy (non-hydrogen) atoms. The van der Waals surface area contributed by atoms with Crippen LogP contribution in [0.3, 0.4) is 0 Å². The molecule has 1 aromatic heterocycles. The summed E-state index contributed by atoms with van der Waals surface area (Å²) in [6, 6.07) is 14.5. The molecule has 0 saturated heterocycles. The molecule has 126 valence electrons. The summed E-state index contributed by atoms with van der Waals surface area (Å²) in [4.78, 5) is 14.1. The third-order valence-corrected chi connectivity index (χ3v) is 4.32. The fourth-order valence-corrected chi connectivity index (χ4v) is 3.10. The number of aromatic nitrogens is 1. The van der Waals surface area contributed by atoms with E-state index in [0.717, 1.165) is 54.3 Å². The van der Waals surface area contributed by atoms with Crippen LogP contribution in [-0.4, -0.2) is 17.5 Å². The molecule has 0 radical (unpaired) electrons. The van der Waals surface area contributed by atoms with Crippen LogP contribution in [0.1, 0.15) is 38.5 Å². The minimum absolute atomic E-state index is 0.204. The van der Waals surface area contributed by atoms with Crippen LogP contribution in [0.25, 0.3) is 21.8 Å². The summed E-state index contributed by atoms with van der Waals surface area (Å²) in [5, 5.41) is 2.36. The third-order valence-electron chi connectivity index (χ3n) is 4.32. The Balaban J connectivity index is 1.53. The number of nitrogens with one attached hydrogen (secondary N) is 1. The molecule has 0 aliphatic carbocycles. The Bertz CT molecular complexity index is 823. The van der Waals surface area contributed by atoms with Crippen molar-refractivity contribution in [2.45, 2.75) is 38.5 Å². The standard InChI is InChI=1S/C20H24N2O2/c21-19(23)13-4-2-1-3-7-14-24-18-12-8-11-17-20(18)15-9-5-6-10-16(15)22-17/h5-6,8-12,22H,1-4,7,13-14H2,(H2,21,23). The largest absolute Gasteiger partial charge is 0.493 e. The molecule has 0 aliphatic rings. The van der Waals surface area contributed by atoms with E-state index in [2.05, 4.69) is 29.2 Å². The Morgan fingerprint density at radius 3 is 2.54 bits per heavy atom. The van der Waals surface area contributed by atoms with Gasteiger partial charge in [-0.05, 0) is 31.0 Å². The van der Waals surface area contributed by atoms with E-state index >= 15 is 0 Å². The fourth-order valence-electron chi connectivity index (χ4n) is 3.10. The highest BCUT2D eigenvalue weighted by atomic mass is 16.5. The highest BCUT2D eigenvalue weighted by molar-refractivity contribution is 6.10. The van der Waals surface area contributed by atoms with Crippen LogP contribution in [-0.2, 0) is 4.79 Å². The zero-order chi connectivity index (χ0) is 16.8. The third kappa shape index (κ3) is 3.88. The molecule has 3 aromatic rings. The molecule has 0 unspecified atom stereocenters. The van der Waals surface area contributed by atoms with Crippen molar-refractivity contribution in [3.8, 4) is 5.75 Å². The number of hydrogen-bond donors (Lipinski definition) is 2. The second-order valence-electron chi connectivity index (χ2n) is 6.18. The average Bonchev–Trinajstić information content (AvgIpc) is 2.96. The molecule has 1 amide bonds. The summed E-state index contributed by atoms with van der Waals surface area (Å²) in [6.45, 7) is 0.717. The molecule has 0 bridgehead atoms. The van der Waals surface area contributed by atoms with Crippen molar-refractivity contribution in [2.75, 3.05) is 6.61 Å². The van der Waals surface area contributed by atoms with Crippen molar-refractivity contribution in [1.29, 1.82) is 0 Å². The molecular weight excluding hydrogens is 300 g/mol. The van der Waals surface area contributed by atoms with Crippen LogP contribution in [0.2, 0.25) is 0 Å². The highest BCUT2D eigenvalue weighted by Gasteiger charge is 2.08. The Morgan fingerprint density at radius 1 is 0.917 bits per heavy atom. The number of para-hydroxylation sites is 1. The number of H-pyrrole nitrogens is 1. The van der Waals surface area contributed by atoms with E-state index in [1.165, 1.54) is 5.39 Å². The number of carbonyl (C=O) groups is 1. The summed E-state index contributed by atoms with van der Waals surface area (Å²) < 4.78 is 6.04. The van der Waals surface area contributed by atoms with Gasteiger partial charge in [0.2, 0.25) is 5.91 Å². The maximum absolute atomic E-state index is 10.7. The summed E-state index contributed by atoms with van der Waals surface area (Å²) in [7, 11) is 0. The van der Waals surface area contributed by atoms with Crippen molar-refractivity contribution in [3.63, 3.8) is 0 Å². The molecule has 0 saturated carbocycles. The van der Waals surface area contributed by atoms with Gasteiger partial charge in [-0.25, -0.2) is 0 Å². The average molecular weight is 324 g/mol. The van der Waals surface area contributed by atoms with Crippen LogP contribution in [0.4, 0.5) is 0 Å². The lowest BCUT2D eigenvalue weighted by molar-refractivity contribution is -0.118. The van der Waals surface area contributed by atoms with Crippen molar-refractivity contribution in [2.24, 2.45) is 5.73 Å². The number of nitrogens with two attached hydrogens (primary N) is 1. The fraction of sp³-hybridized carbons (Fsp3) is 0.350. The number of unbranched alkanes of at least 4 members (excludes halogenated alkanes) is 4. The van der Waals surface area contributed by atoms with Crippen molar-refractivity contribution in [1.82, 2.24) is 4.98 Å². The lowest BCUT2D eigenvalue weighted by Gasteiger charge is -2.08. The van der Waals surface area contributed by atoms with Gasteiger partial charge >= 0.3 is 0 Å². The van der Waals surface area contributed by atoms with Gasteiger partial charge in [0.25, 0.3) is 0 Å². The Kier molecular flexibility index (Phi) is 5.36. The van der Waals surface area contributed by atoms with Crippen molar-refractivity contribution in [3.05, 3.63) is 42.5 Å². The van der Waals surface area contributed by atoms with Crippen molar-refractivity contribution < 1.29 is 9.53 Å². The topological polar surface area (TPSA) is 68.1 Å². The SMILES string of the molecule is NC(=O)CCCCCCCOc1cccc2[nH]c3ccccc3c12. The van der Waals surface area contributed by atoms with E-state index in [-0.39, 0.29) is 5.91 Å². The number of hydrogen-bond acceptors (Lipinski definition) is 2. The first kappa shape index (κ1) is 16.4. The van der Waals surface area contributed by atoms with Crippen LogP contribution in [0.5, 0.6) is 5.75 Å². The van der Waals surface area contributed by atoms with E-state index in [4.69, 9.17) is 10.5 Å². The van der Waals surface area contributed by atoms with Gasteiger partial charge in [0.1, 0.15) is 5.75 Å². The first-order valence-corrected chi connectivity index (χ1v) is 8.66. The molecule has 4 nitrogen and oxygen atoms in total. The maximum atomic E-state index is 10.7. The van der Waals surface area contributed by atoms with Crippen molar-refractivity contribution >= 4 is 27.7 Å². The zero-order valence-electron chi connectivity index (χ0n) is 13.9. The van der Waals surface area contributed by atoms with E-state index in [9.17, 15) is 4.79 Å². The van der Waals surface area contributed by atoms with E-state index in [1.54, 1.807) is 0 Å². The minimum atomic E-state index is -0.204. The van der Waals surface area contributed by atoms with Crippen LogP contribution in [0, 0.1) is 0 Å². The summed E-state index contributed by atoms with van der Waals surface area (Å²) in [6.07, 6.45) is 5.71. The van der Waals surface area contributed by atoms with Crippen LogP contribution in [0.15, 0.2) is 42.5 Å². The number of primary amides is 1. The second-order valence-corrected chi connectivity index (χ2v) is 6.18. The monoisotopic (exact) mass is 324 g/mol. The lowest BCUT2D eigenvalue weighted by atomic mass is 10.1. The number of amides is 1. The van der Waals surface area contributed by atoms with Gasteiger partial charge in [-0.1, -0.05) is 43.5 Å². The summed E-state index contributed by atoms with van der Waals surface area (Å²) in [5.74, 6) is 0.740. The Morgan fingerprint density at radius 2 is 1.67 bits per heavy atom. The molecular formula is C20H24N2O2. The predicted molar refractivity (Wildman–Crippen MR) is 98.2 cm³/mol. The van der Waals surface area contributed by atoms with Gasteiger partial charge in [-0.2, -0.15) is 0 Å². The molecule has 2 aromatic carbocycles. The lowest BCUT2D eigenvalue weighted by Crippen LogP contribution is -2.09. The Labute approximate surface area is 142 Å². The van der Waals surface area contributed by atoms with Gasteiger partial charge in [-0.15, -0.1) is 0 Å². The van der Waals surface area contributed by atoms with E-state index in [1.807, 2.05) is 18.2 Å². The first-order chi connectivity index (χ1) is 11.8. The summed E-state index contributed by atoms with van der Waals surface area (Å²) in [5.41, 5.74) is 7.38. The quantitative estimate of drug-likeness (QED) is 0.568. The molecule has 4 heteroatoms. The van der Waals surface area contributed by atoms with Gasteiger partial charge in [0, 0.05) is 22.7 Å². The van der Waals surface area contributed by atoms with Crippen LogP contribution >= 0.6 is 0 Å². The first-order valence-electron chi connectivity index (χ1n) is 8.66. The van der Waals surface area contributed by atoms with Gasteiger partial charge in [0.15, 0.2) is 0 Å². The molecule has 0 aliphatic heterocycles. The second kappa shape index (κ2) is 7.86. The highest BCUT2D eigenvalue weighted by Crippen LogP contribution is 2.33. The normalized spacial score (nSPS) is 11.2. The number of benzene rings is 2. The smallest absolute Gasteiger partial charge is 0.217 e. The molecule has 0 spiro atoms. The number of fused-ring (bicyclic) bond motifs is 3. The predicted octanol–water partition coefficient (Wildman–Crippen LogP) is 4.53. The minimum Gasteiger partial charge on any atom is -0.493 e.